The number of rotatable bonds is 1. The Morgan fingerprint density at radius 2 is 2.46 bits per heavy atom. The summed E-state index contributed by atoms with van der Waals surface area (Å²) in [7, 11) is 0. The number of carbonyl (C=O) groups is 1. The third-order valence-corrected chi connectivity index (χ3v) is 2.26. The predicted octanol–water partition coefficient (Wildman–Crippen LogP) is 0.408. The minimum Gasteiger partial charge on any atom is -0.477 e. The zero-order valence-electron chi connectivity index (χ0n) is 6.97. The van der Waals surface area contributed by atoms with Crippen molar-refractivity contribution < 1.29 is 15.0 Å². The molecule has 1 aliphatic heterocycles. The van der Waals surface area contributed by atoms with E-state index in [1.54, 1.807) is 4.57 Å². The molecular formula is C8H10N2O3. The van der Waals surface area contributed by atoms with E-state index in [9.17, 15) is 9.90 Å². The summed E-state index contributed by atoms with van der Waals surface area (Å²) in [5.41, 5.74) is 0.161. The van der Waals surface area contributed by atoms with Gasteiger partial charge in [-0.3, -0.25) is 0 Å². The topological polar surface area (TPSA) is 75.3 Å². The molecule has 1 aliphatic rings. The lowest BCUT2D eigenvalue weighted by molar-refractivity contribution is 0.0679. The molecule has 5 heteroatoms. The number of hydrogen-bond acceptors (Lipinski definition) is 3. The third kappa shape index (κ3) is 1.21. The Bertz CT molecular complexity index is 345. The molecule has 2 rings (SSSR count). The Morgan fingerprint density at radius 3 is 3.15 bits per heavy atom. The Morgan fingerprint density at radius 1 is 1.69 bits per heavy atom. The van der Waals surface area contributed by atoms with Crippen LogP contribution in [0.1, 0.15) is 35.3 Å². The van der Waals surface area contributed by atoms with Gasteiger partial charge in [-0.25, -0.2) is 9.78 Å². The van der Waals surface area contributed by atoms with Gasteiger partial charge in [0.1, 0.15) is 17.6 Å². The summed E-state index contributed by atoms with van der Waals surface area (Å²) in [6.07, 6.45) is 2.15. The standard InChI is InChI=1S/C8H10N2O3/c11-6-2-1-3-10-5(8(12)13)4-9-7(6)10/h4,6,11H,1-3H2,(H,12,13). The molecule has 0 saturated carbocycles. The highest BCUT2D eigenvalue weighted by Crippen LogP contribution is 2.24. The molecule has 1 aromatic rings. The predicted molar refractivity (Wildman–Crippen MR) is 43.4 cm³/mol. The van der Waals surface area contributed by atoms with Crippen molar-refractivity contribution in [1.29, 1.82) is 0 Å². The monoisotopic (exact) mass is 182 g/mol. The maximum absolute atomic E-state index is 10.7. The lowest BCUT2D eigenvalue weighted by atomic mass is 10.1. The van der Waals surface area contributed by atoms with E-state index in [0.717, 1.165) is 6.42 Å². The Kier molecular flexibility index (Phi) is 1.81. The van der Waals surface area contributed by atoms with Gasteiger partial charge >= 0.3 is 5.97 Å². The maximum atomic E-state index is 10.7. The van der Waals surface area contributed by atoms with Crippen LogP contribution in [0.3, 0.4) is 0 Å². The summed E-state index contributed by atoms with van der Waals surface area (Å²) in [5.74, 6) is -0.517. The quantitative estimate of drug-likeness (QED) is 0.659. The first-order valence-corrected chi connectivity index (χ1v) is 4.17. The van der Waals surface area contributed by atoms with Crippen molar-refractivity contribution in [3.63, 3.8) is 0 Å². The number of aliphatic hydroxyl groups excluding tert-OH is 1. The fourth-order valence-corrected chi connectivity index (χ4v) is 1.63. The van der Waals surface area contributed by atoms with Gasteiger partial charge in [0, 0.05) is 6.54 Å². The second kappa shape index (κ2) is 2.85. The van der Waals surface area contributed by atoms with Crippen LogP contribution in [0.25, 0.3) is 0 Å². The van der Waals surface area contributed by atoms with E-state index in [1.807, 2.05) is 0 Å². The van der Waals surface area contributed by atoms with E-state index in [-0.39, 0.29) is 5.69 Å². The largest absolute Gasteiger partial charge is 0.477 e. The van der Waals surface area contributed by atoms with E-state index < -0.39 is 12.1 Å². The smallest absolute Gasteiger partial charge is 0.354 e. The van der Waals surface area contributed by atoms with Crippen molar-refractivity contribution in [3.05, 3.63) is 17.7 Å². The van der Waals surface area contributed by atoms with Crippen LogP contribution in [0, 0.1) is 0 Å². The molecule has 0 aliphatic carbocycles. The van der Waals surface area contributed by atoms with Gasteiger partial charge < -0.3 is 14.8 Å². The molecule has 1 unspecified atom stereocenters. The second-order valence-corrected chi connectivity index (χ2v) is 3.12. The molecular weight excluding hydrogens is 172 g/mol. The molecule has 0 aromatic carbocycles. The highest BCUT2D eigenvalue weighted by atomic mass is 16.4. The molecule has 0 bridgehead atoms. The average molecular weight is 182 g/mol. The molecule has 0 fully saturated rings. The molecule has 0 amide bonds. The van der Waals surface area contributed by atoms with Gasteiger partial charge in [0.05, 0.1) is 6.20 Å². The summed E-state index contributed by atoms with van der Waals surface area (Å²) in [4.78, 5) is 14.6. The highest BCUT2D eigenvalue weighted by Gasteiger charge is 2.24. The molecule has 2 heterocycles. The van der Waals surface area contributed by atoms with Crippen LogP contribution < -0.4 is 0 Å². The van der Waals surface area contributed by atoms with Gasteiger partial charge in [-0.2, -0.15) is 0 Å². The number of nitrogens with zero attached hydrogens (tertiary/aromatic N) is 2. The number of carboxylic acid groups (broad SMARTS) is 1. The van der Waals surface area contributed by atoms with Gasteiger partial charge in [0.2, 0.25) is 0 Å². The maximum Gasteiger partial charge on any atom is 0.354 e. The fraction of sp³-hybridized carbons (Fsp3) is 0.500. The number of carboxylic acids is 1. The van der Waals surface area contributed by atoms with E-state index in [0.29, 0.717) is 18.8 Å². The Labute approximate surface area is 74.6 Å². The van der Waals surface area contributed by atoms with Gasteiger partial charge in [-0.15, -0.1) is 0 Å². The SMILES string of the molecule is O=C(O)c1cnc2n1CCCC2O. The summed E-state index contributed by atoms with van der Waals surface area (Å²) >= 11 is 0. The molecule has 5 nitrogen and oxygen atoms in total. The molecule has 70 valence electrons. The van der Waals surface area contributed by atoms with Crippen LogP contribution in [-0.2, 0) is 6.54 Å². The van der Waals surface area contributed by atoms with Crippen LogP contribution in [0.15, 0.2) is 6.20 Å². The van der Waals surface area contributed by atoms with Crippen LogP contribution >= 0.6 is 0 Å². The Balaban J connectivity index is 2.47. The van der Waals surface area contributed by atoms with Gasteiger partial charge in [-0.05, 0) is 12.8 Å². The summed E-state index contributed by atoms with van der Waals surface area (Å²) in [6.45, 7) is 0.633. The first kappa shape index (κ1) is 8.25. The van der Waals surface area contributed by atoms with Crippen molar-refractivity contribution in [2.75, 3.05) is 0 Å². The van der Waals surface area contributed by atoms with Crippen LogP contribution in [-0.4, -0.2) is 25.7 Å². The number of fused-ring (bicyclic) bond motifs is 1. The lowest BCUT2D eigenvalue weighted by Gasteiger charge is -2.19. The summed E-state index contributed by atoms with van der Waals surface area (Å²) in [5, 5.41) is 18.3. The van der Waals surface area contributed by atoms with Crippen LogP contribution in [0.4, 0.5) is 0 Å². The number of aromatic nitrogens is 2. The van der Waals surface area contributed by atoms with Gasteiger partial charge in [0.15, 0.2) is 0 Å². The molecule has 0 radical (unpaired) electrons. The fourth-order valence-electron chi connectivity index (χ4n) is 1.63. The van der Waals surface area contributed by atoms with Crippen molar-refractivity contribution in [2.45, 2.75) is 25.5 Å². The van der Waals surface area contributed by atoms with Gasteiger partial charge in [-0.1, -0.05) is 0 Å². The zero-order valence-corrected chi connectivity index (χ0v) is 6.97. The first-order chi connectivity index (χ1) is 6.20. The molecule has 13 heavy (non-hydrogen) atoms. The van der Waals surface area contributed by atoms with E-state index in [4.69, 9.17) is 5.11 Å². The second-order valence-electron chi connectivity index (χ2n) is 3.12. The van der Waals surface area contributed by atoms with Crippen LogP contribution in [0.2, 0.25) is 0 Å². The Hall–Kier alpha value is -1.36. The number of hydrogen-bond donors (Lipinski definition) is 2. The summed E-state index contributed by atoms with van der Waals surface area (Å²) < 4.78 is 1.57. The third-order valence-electron chi connectivity index (χ3n) is 2.26. The van der Waals surface area contributed by atoms with Crippen molar-refractivity contribution in [2.24, 2.45) is 0 Å². The molecule has 0 spiro atoms. The lowest BCUT2D eigenvalue weighted by Crippen LogP contribution is -2.19. The van der Waals surface area contributed by atoms with E-state index >= 15 is 0 Å². The minimum absolute atomic E-state index is 0.161. The van der Waals surface area contributed by atoms with Crippen molar-refractivity contribution in [1.82, 2.24) is 9.55 Å². The first-order valence-electron chi connectivity index (χ1n) is 4.17. The summed E-state index contributed by atoms with van der Waals surface area (Å²) in [6, 6.07) is 0. The molecule has 1 aromatic heterocycles. The molecule has 0 saturated heterocycles. The number of aliphatic hydroxyl groups is 1. The zero-order chi connectivity index (χ0) is 9.42. The van der Waals surface area contributed by atoms with Crippen molar-refractivity contribution >= 4 is 5.97 Å². The number of aromatic carboxylic acids is 1. The number of imidazole rings is 1. The minimum atomic E-state index is -0.993. The van der Waals surface area contributed by atoms with Gasteiger partial charge in [0.25, 0.3) is 0 Å². The highest BCUT2D eigenvalue weighted by molar-refractivity contribution is 5.85. The van der Waals surface area contributed by atoms with E-state index in [1.165, 1.54) is 6.20 Å². The van der Waals surface area contributed by atoms with E-state index in [2.05, 4.69) is 4.98 Å². The average Bonchev–Trinajstić information content (AvgIpc) is 2.48. The van der Waals surface area contributed by atoms with Crippen molar-refractivity contribution in [3.8, 4) is 0 Å². The van der Waals surface area contributed by atoms with Crippen LogP contribution in [0.5, 0.6) is 0 Å². The molecule has 2 N–H and O–H groups in total. The normalized spacial score (nSPS) is 21.2. The molecule has 1 atom stereocenters.